The maximum absolute atomic E-state index is 5.85. The number of hydrogen-bond donors (Lipinski definition) is 1. The fourth-order valence-corrected chi connectivity index (χ4v) is 3.07. The minimum atomic E-state index is -0.219. The molecule has 1 fully saturated rings. The predicted molar refractivity (Wildman–Crippen MR) is 91.3 cm³/mol. The number of halogens is 1. The van der Waals surface area contributed by atoms with Crippen LogP contribution in [0.5, 0.6) is 0 Å². The van der Waals surface area contributed by atoms with E-state index >= 15 is 0 Å². The molecule has 0 saturated carbocycles. The third kappa shape index (κ3) is 3.13. The standard InChI is InChI=1S/C14H21BrN4S/c1-10-8-11(15)9-17-12(10)18-4-6-19(7-5-18)14(2,3)13(16)20/h8-9H,4-7H2,1-3H3,(H2,16,20). The van der Waals surface area contributed by atoms with Gasteiger partial charge >= 0.3 is 0 Å². The van der Waals surface area contributed by atoms with Gasteiger partial charge in [-0.25, -0.2) is 4.98 Å². The zero-order valence-electron chi connectivity index (χ0n) is 12.2. The van der Waals surface area contributed by atoms with Crippen molar-refractivity contribution in [1.29, 1.82) is 0 Å². The summed E-state index contributed by atoms with van der Waals surface area (Å²) < 4.78 is 1.02. The van der Waals surface area contributed by atoms with Crippen molar-refractivity contribution >= 4 is 39.0 Å². The summed E-state index contributed by atoms with van der Waals surface area (Å²) in [5.41, 5.74) is 6.82. The highest BCUT2D eigenvalue weighted by atomic mass is 79.9. The van der Waals surface area contributed by atoms with Gasteiger partial charge in [0.05, 0.1) is 10.5 Å². The lowest BCUT2D eigenvalue weighted by molar-refractivity contribution is 0.168. The second kappa shape index (κ2) is 5.95. The number of hydrogen-bond acceptors (Lipinski definition) is 4. The summed E-state index contributed by atoms with van der Waals surface area (Å²) in [4.78, 5) is 9.77. The van der Waals surface area contributed by atoms with Crippen LogP contribution in [0.4, 0.5) is 5.82 Å². The van der Waals surface area contributed by atoms with Crippen LogP contribution in [0.1, 0.15) is 19.4 Å². The maximum atomic E-state index is 5.85. The van der Waals surface area contributed by atoms with Crippen LogP contribution in [-0.2, 0) is 0 Å². The maximum Gasteiger partial charge on any atom is 0.131 e. The number of anilines is 1. The Labute approximate surface area is 134 Å². The average molecular weight is 357 g/mol. The SMILES string of the molecule is Cc1cc(Br)cnc1N1CCN(C(C)(C)C(N)=S)CC1. The fraction of sp³-hybridized carbons (Fsp3) is 0.571. The number of aromatic nitrogens is 1. The number of aryl methyl sites for hydroxylation is 1. The van der Waals surface area contributed by atoms with E-state index in [1.165, 1.54) is 5.56 Å². The molecular formula is C14H21BrN4S. The van der Waals surface area contributed by atoms with Crippen LogP contribution in [0.2, 0.25) is 0 Å². The average Bonchev–Trinajstić information content (AvgIpc) is 2.38. The van der Waals surface area contributed by atoms with Crippen LogP contribution < -0.4 is 10.6 Å². The summed E-state index contributed by atoms with van der Waals surface area (Å²) in [6.07, 6.45) is 1.85. The molecule has 1 aromatic rings. The summed E-state index contributed by atoms with van der Waals surface area (Å²) in [5, 5.41) is 0. The molecule has 4 nitrogen and oxygen atoms in total. The van der Waals surface area contributed by atoms with Gasteiger partial charge in [-0.15, -0.1) is 0 Å². The van der Waals surface area contributed by atoms with E-state index in [0.717, 1.165) is 36.5 Å². The number of rotatable bonds is 3. The molecule has 0 aliphatic carbocycles. The Hall–Kier alpha value is -0.720. The fourth-order valence-electron chi connectivity index (χ4n) is 2.50. The number of piperazine rings is 1. The van der Waals surface area contributed by atoms with Gasteiger partial charge in [-0.2, -0.15) is 0 Å². The molecule has 2 N–H and O–H groups in total. The summed E-state index contributed by atoms with van der Waals surface area (Å²) in [5.74, 6) is 1.07. The molecule has 1 aliphatic heterocycles. The first kappa shape index (κ1) is 15.7. The summed E-state index contributed by atoms with van der Waals surface area (Å²) in [7, 11) is 0. The molecule has 0 amide bonds. The van der Waals surface area contributed by atoms with E-state index in [1.54, 1.807) is 0 Å². The van der Waals surface area contributed by atoms with Gasteiger partial charge in [-0.3, -0.25) is 4.90 Å². The molecule has 0 unspecified atom stereocenters. The molecule has 0 spiro atoms. The van der Waals surface area contributed by atoms with Gasteiger partial charge in [0, 0.05) is 36.8 Å². The lowest BCUT2D eigenvalue weighted by Gasteiger charge is -2.44. The molecule has 0 radical (unpaired) electrons. The summed E-state index contributed by atoms with van der Waals surface area (Å²) >= 11 is 8.63. The molecule has 110 valence electrons. The van der Waals surface area contributed by atoms with Crippen molar-refractivity contribution in [2.75, 3.05) is 31.1 Å². The highest BCUT2D eigenvalue weighted by Crippen LogP contribution is 2.24. The van der Waals surface area contributed by atoms with E-state index in [4.69, 9.17) is 18.0 Å². The number of nitrogens with two attached hydrogens (primary N) is 1. The highest BCUT2D eigenvalue weighted by molar-refractivity contribution is 9.10. The normalized spacial score (nSPS) is 17.3. The van der Waals surface area contributed by atoms with Crippen molar-refractivity contribution in [3.63, 3.8) is 0 Å². The quantitative estimate of drug-likeness (QED) is 0.842. The van der Waals surface area contributed by atoms with Crippen LogP contribution >= 0.6 is 28.1 Å². The predicted octanol–water partition coefficient (Wildman–Crippen LogP) is 2.34. The van der Waals surface area contributed by atoms with Crippen LogP contribution in [0.25, 0.3) is 0 Å². The van der Waals surface area contributed by atoms with Crippen molar-refractivity contribution < 1.29 is 0 Å². The molecule has 2 heterocycles. The molecule has 2 rings (SSSR count). The molecule has 0 bridgehead atoms. The Morgan fingerprint density at radius 2 is 1.95 bits per heavy atom. The second-order valence-corrected chi connectivity index (χ2v) is 7.05. The lowest BCUT2D eigenvalue weighted by Crippen LogP contribution is -2.59. The lowest BCUT2D eigenvalue weighted by atomic mass is 10.0. The zero-order valence-corrected chi connectivity index (χ0v) is 14.6. The third-order valence-corrected chi connectivity index (χ3v) is 4.92. The molecule has 0 atom stereocenters. The highest BCUT2D eigenvalue weighted by Gasteiger charge is 2.32. The van der Waals surface area contributed by atoms with Gasteiger partial charge < -0.3 is 10.6 Å². The van der Waals surface area contributed by atoms with Gasteiger partial charge in [-0.05, 0) is 48.3 Å². The monoisotopic (exact) mass is 356 g/mol. The first-order valence-corrected chi connectivity index (χ1v) is 7.94. The number of thiocarbonyl (C=S) groups is 1. The van der Waals surface area contributed by atoms with Crippen LogP contribution in [0, 0.1) is 6.92 Å². The Bertz CT molecular complexity index is 510. The topological polar surface area (TPSA) is 45.4 Å². The Morgan fingerprint density at radius 1 is 1.35 bits per heavy atom. The minimum absolute atomic E-state index is 0.219. The molecule has 6 heteroatoms. The molecule has 20 heavy (non-hydrogen) atoms. The van der Waals surface area contributed by atoms with Crippen molar-refractivity contribution in [3.8, 4) is 0 Å². The zero-order chi connectivity index (χ0) is 14.9. The van der Waals surface area contributed by atoms with E-state index in [0.29, 0.717) is 4.99 Å². The van der Waals surface area contributed by atoms with E-state index in [-0.39, 0.29) is 5.54 Å². The van der Waals surface area contributed by atoms with Crippen LogP contribution in [0.3, 0.4) is 0 Å². The van der Waals surface area contributed by atoms with Crippen molar-refractivity contribution in [2.24, 2.45) is 5.73 Å². The largest absolute Gasteiger partial charge is 0.392 e. The minimum Gasteiger partial charge on any atom is -0.392 e. The van der Waals surface area contributed by atoms with Crippen molar-refractivity contribution in [1.82, 2.24) is 9.88 Å². The van der Waals surface area contributed by atoms with Gasteiger partial charge in [0.15, 0.2) is 0 Å². The molecular weight excluding hydrogens is 336 g/mol. The molecule has 1 saturated heterocycles. The summed E-state index contributed by atoms with van der Waals surface area (Å²) in [6, 6.07) is 2.10. The van der Waals surface area contributed by atoms with Gasteiger partial charge in [0.2, 0.25) is 0 Å². The molecule has 0 aromatic carbocycles. The number of nitrogens with zero attached hydrogens (tertiary/aromatic N) is 3. The first-order chi connectivity index (χ1) is 9.32. The first-order valence-electron chi connectivity index (χ1n) is 6.74. The van der Waals surface area contributed by atoms with Gasteiger partial charge in [0.25, 0.3) is 0 Å². The number of pyridine rings is 1. The molecule has 1 aromatic heterocycles. The van der Waals surface area contributed by atoms with Crippen LogP contribution in [0.15, 0.2) is 16.7 Å². The Morgan fingerprint density at radius 3 is 2.45 bits per heavy atom. The third-order valence-electron chi connectivity index (χ3n) is 3.99. The van der Waals surface area contributed by atoms with Gasteiger partial charge in [0.1, 0.15) is 5.82 Å². The van der Waals surface area contributed by atoms with E-state index in [1.807, 2.05) is 6.20 Å². The Balaban J connectivity index is 2.06. The van der Waals surface area contributed by atoms with E-state index in [2.05, 4.69) is 57.6 Å². The van der Waals surface area contributed by atoms with Crippen LogP contribution in [-0.4, -0.2) is 46.6 Å². The summed E-state index contributed by atoms with van der Waals surface area (Å²) in [6.45, 7) is 10.1. The van der Waals surface area contributed by atoms with E-state index in [9.17, 15) is 0 Å². The second-order valence-electron chi connectivity index (χ2n) is 5.69. The van der Waals surface area contributed by atoms with Gasteiger partial charge in [-0.1, -0.05) is 12.2 Å². The Kier molecular flexibility index (Phi) is 4.66. The smallest absolute Gasteiger partial charge is 0.131 e. The van der Waals surface area contributed by atoms with Crippen molar-refractivity contribution in [3.05, 3.63) is 22.3 Å². The molecule has 1 aliphatic rings. The van der Waals surface area contributed by atoms with Crippen molar-refractivity contribution in [2.45, 2.75) is 26.3 Å². The van der Waals surface area contributed by atoms with E-state index < -0.39 is 0 Å².